The molecule has 0 saturated heterocycles. The predicted molar refractivity (Wildman–Crippen MR) is 141 cm³/mol. The first-order chi connectivity index (χ1) is 16.6. The molecule has 0 N–H and O–H groups in total. The van der Waals surface area contributed by atoms with E-state index in [-0.39, 0.29) is 11.4 Å². The molecular weight excluding hydrogens is 422 g/mol. The van der Waals surface area contributed by atoms with Gasteiger partial charge in [-0.2, -0.15) is 0 Å². The lowest BCUT2D eigenvalue weighted by Gasteiger charge is -2.42. The van der Waals surface area contributed by atoms with Crippen LogP contribution < -0.4 is 0 Å². The van der Waals surface area contributed by atoms with Gasteiger partial charge in [-0.3, -0.25) is 0 Å². The van der Waals surface area contributed by atoms with E-state index in [1.54, 1.807) is 6.07 Å². The molecule has 2 aromatic rings. The van der Waals surface area contributed by atoms with Crippen molar-refractivity contribution in [2.75, 3.05) is 0 Å². The standard InChI is InChI=1S/C32H44F2/c1-3-5-7-8-10-11-23-13-14-25-20-26(16-15-24(25)19-23)27-17-18-29-28(21-27)22-31(33)30(32(29)34)12-9-6-4-2/h4,6,17-18,21-26H,3,5,7-16,19-20H2,1-2H3/b6-4+. The zero-order chi connectivity index (χ0) is 23.9. The minimum Gasteiger partial charge on any atom is -0.207 e. The van der Waals surface area contributed by atoms with Gasteiger partial charge in [-0.25, -0.2) is 8.78 Å². The average molecular weight is 467 g/mol. The summed E-state index contributed by atoms with van der Waals surface area (Å²) in [7, 11) is 0. The molecule has 2 fully saturated rings. The molecular formula is C32H44F2. The summed E-state index contributed by atoms with van der Waals surface area (Å²) in [5.41, 5.74) is 1.51. The molecule has 0 nitrogen and oxygen atoms in total. The molecule has 0 bridgehead atoms. The summed E-state index contributed by atoms with van der Waals surface area (Å²) in [5.74, 6) is 2.46. The van der Waals surface area contributed by atoms with Crippen LogP contribution in [-0.2, 0) is 6.42 Å². The quantitative estimate of drug-likeness (QED) is 0.241. The van der Waals surface area contributed by atoms with Crippen molar-refractivity contribution in [3.8, 4) is 0 Å². The van der Waals surface area contributed by atoms with Gasteiger partial charge in [0.25, 0.3) is 0 Å². The number of benzene rings is 2. The van der Waals surface area contributed by atoms with E-state index in [2.05, 4.69) is 19.1 Å². The summed E-state index contributed by atoms with van der Waals surface area (Å²) in [5, 5.41) is 1.28. The van der Waals surface area contributed by atoms with Crippen LogP contribution in [-0.4, -0.2) is 0 Å². The lowest BCUT2D eigenvalue weighted by Crippen LogP contribution is -2.30. The molecule has 0 aromatic heterocycles. The van der Waals surface area contributed by atoms with Gasteiger partial charge in [-0.05, 0) is 92.6 Å². The highest BCUT2D eigenvalue weighted by Crippen LogP contribution is 2.48. The Labute approximate surface area is 206 Å². The van der Waals surface area contributed by atoms with Crippen molar-refractivity contribution < 1.29 is 8.78 Å². The molecule has 2 aliphatic rings. The van der Waals surface area contributed by atoms with E-state index in [1.807, 2.05) is 25.1 Å². The first kappa shape index (κ1) is 25.4. The third-order valence-corrected chi connectivity index (χ3v) is 8.85. The maximum atomic E-state index is 15.1. The Morgan fingerprint density at radius 2 is 1.71 bits per heavy atom. The van der Waals surface area contributed by atoms with Crippen LogP contribution in [0.25, 0.3) is 10.8 Å². The Hall–Kier alpha value is -1.70. The third kappa shape index (κ3) is 6.10. The monoisotopic (exact) mass is 466 g/mol. The lowest BCUT2D eigenvalue weighted by atomic mass is 9.63. The van der Waals surface area contributed by atoms with E-state index >= 15 is 4.39 Å². The number of hydrogen-bond acceptors (Lipinski definition) is 0. The minimum atomic E-state index is -0.400. The molecule has 0 radical (unpaired) electrons. The lowest BCUT2D eigenvalue weighted by molar-refractivity contribution is 0.113. The topological polar surface area (TPSA) is 0 Å². The third-order valence-electron chi connectivity index (χ3n) is 8.85. The Bertz CT molecular complexity index is 959. The fourth-order valence-corrected chi connectivity index (χ4v) is 6.86. The van der Waals surface area contributed by atoms with Crippen LogP contribution in [0.1, 0.15) is 114 Å². The first-order valence-electron chi connectivity index (χ1n) is 14.1. The molecule has 0 heterocycles. The molecule has 0 aliphatic heterocycles. The van der Waals surface area contributed by atoms with E-state index in [4.69, 9.17) is 0 Å². The Morgan fingerprint density at radius 3 is 2.53 bits per heavy atom. The van der Waals surface area contributed by atoms with Crippen molar-refractivity contribution in [1.29, 1.82) is 0 Å². The van der Waals surface area contributed by atoms with Crippen molar-refractivity contribution in [2.24, 2.45) is 17.8 Å². The van der Waals surface area contributed by atoms with Crippen LogP contribution in [0.5, 0.6) is 0 Å². The SMILES string of the molecule is C/C=C/CCc1c(F)cc2cc(C3CCC4CC(CCCCCCC)CCC4C3)ccc2c1F. The summed E-state index contributed by atoms with van der Waals surface area (Å²) in [6, 6.07) is 7.65. The number of hydrogen-bond donors (Lipinski definition) is 0. The summed E-state index contributed by atoms with van der Waals surface area (Å²) >= 11 is 0. The van der Waals surface area contributed by atoms with E-state index in [9.17, 15) is 4.39 Å². The van der Waals surface area contributed by atoms with Gasteiger partial charge in [-0.15, -0.1) is 0 Å². The van der Waals surface area contributed by atoms with Crippen molar-refractivity contribution in [1.82, 2.24) is 0 Å². The second kappa shape index (κ2) is 12.3. The predicted octanol–water partition coefficient (Wildman–Crippen LogP) is 10.3. The molecule has 2 aromatic carbocycles. The number of allylic oxidation sites excluding steroid dienone is 2. The molecule has 2 aliphatic carbocycles. The number of rotatable bonds is 10. The van der Waals surface area contributed by atoms with Gasteiger partial charge < -0.3 is 0 Å². The van der Waals surface area contributed by atoms with Crippen LogP contribution >= 0.6 is 0 Å². The molecule has 0 amide bonds. The molecule has 4 atom stereocenters. The van der Waals surface area contributed by atoms with Crippen LogP contribution in [0, 0.1) is 29.4 Å². The minimum absolute atomic E-state index is 0.223. The van der Waals surface area contributed by atoms with Crippen LogP contribution in [0.3, 0.4) is 0 Å². The second-order valence-electron chi connectivity index (χ2n) is 11.2. The maximum Gasteiger partial charge on any atom is 0.137 e. The molecule has 0 spiro atoms. The zero-order valence-electron chi connectivity index (χ0n) is 21.4. The van der Waals surface area contributed by atoms with Gasteiger partial charge in [0, 0.05) is 10.9 Å². The fraction of sp³-hybridized carbons (Fsp3) is 0.625. The second-order valence-corrected chi connectivity index (χ2v) is 11.2. The normalized spacial score (nSPS) is 25.2. The smallest absolute Gasteiger partial charge is 0.137 e. The van der Waals surface area contributed by atoms with Gasteiger partial charge in [0.15, 0.2) is 0 Å². The number of halogens is 2. The van der Waals surface area contributed by atoms with E-state index in [0.29, 0.717) is 24.1 Å². The molecule has 2 heteroatoms. The molecule has 186 valence electrons. The van der Waals surface area contributed by atoms with Gasteiger partial charge >= 0.3 is 0 Å². The summed E-state index contributed by atoms with van der Waals surface area (Å²) < 4.78 is 29.8. The number of unbranched alkanes of at least 4 members (excludes halogenated alkanes) is 4. The Balaban J connectivity index is 1.37. The van der Waals surface area contributed by atoms with Gasteiger partial charge in [0.2, 0.25) is 0 Å². The summed E-state index contributed by atoms with van der Waals surface area (Å²) in [6.07, 6.45) is 21.4. The van der Waals surface area contributed by atoms with Crippen molar-refractivity contribution in [3.63, 3.8) is 0 Å². The van der Waals surface area contributed by atoms with Crippen LogP contribution in [0.2, 0.25) is 0 Å². The van der Waals surface area contributed by atoms with Crippen molar-refractivity contribution in [3.05, 3.63) is 59.2 Å². The van der Waals surface area contributed by atoms with E-state index in [0.717, 1.165) is 23.1 Å². The van der Waals surface area contributed by atoms with Crippen LogP contribution in [0.4, 0.5) is 8.78 Å². The largest absolute Gasteiger partial charge is 0.207 e. The Kier molecular flexibility index (Phi) is 9.20. The zero-order valence-corrected chi connectivity index (χ0v) is 21.4. The Morgan fingerprint density at radius 1 is 0.912 bits per heavy atom. The summed E-state index contributed by atoms with van der Waals surface area (Å²) in [4.78, 5) is 0. The highest BCUT2D eigenvalue weighted by atomic mass is 19.1. The van der Waals surface area contributed by atoms with Gasteiger partial charge in [0.1, 0.15) is 11.6 Å². The van der Waals surface area contributed by atoms with E-state index < -0.39 is 5.82 Å². The molecule has 2 saturated carbocycles. The average Bonchev–Trinajstić information content (AvgIpc) is 2.85. The first-order valence-corrected chi connectivity index (χ1v) is 14.1. The molecule has 4 unspecified atom stereocenters. The number of fused-ring (bicyclic) bond motifs is 2. The van der Waals surface area contributed by atoms with Gasteiger partial charge in [-0.1, -0.05) is 82.2 Å². The van der Waals surface area contributed by atoms with E-state index in [1.165, 1.54) is 82.6 Å². The van der Waals surface area contributed by atoms with Gasteiger partial charge in [0.05, 0.1) is 0 Å². The fourth-order valence-electron chi connectivity index (χ4n) is 6.86. The van der Waals surface area contributed by atoms with Crippen molar-refractivity contribution in [2.45, 2.75) is 110 Å². The molecule has 4 rings (SSSR count). The highest BCUT2D eigenvalue weighted by Gasteiger charge is 2.35. The molecule has 34 heavy (non-hydrogen) atoms. The summed E-state index contributed by atoms with van der Waals surface area (Å²) in [6.45, 7) is 4.22. The van der Waals surface area contributed by atoms with Crippen LogP contribution in [0.15, 0.2) is 36.4 Å². The highest BCUT2D eigenvalue weighted by molar-refractivity contribution is 5.85. The van der Waals surface area contributed by atoms with Crippen molar-refractivity contribution >= 4 is 10.8 Å². The maximum absolute atomic E-state index is 15.1.